The second-order valence-corrected chi connectivity index (χ2v) is 7.48. The molecule has 0 saturated heterocycles. The van der Waals surface area contributed by atoms with Crippen molar-refractivity contribution in [2.24, 2.45) is 7.05 Å². The minimum absolute atomic E-state index is 0.189. The molecule has 2 aromatic heterocycles. The molecule has 1 amide bonds. The molecule has 3 rings (SSSR count). The summed E-state index contributed by atoms with van der Waals surface area (Å²) >= 11 is 0. The molecule has 1 atom stereocenters. The van der Waals surface area contributed by atoms with Gasteiger partial charge in [-0.25, -0.2) is 9.78 Å². The standard InChI is InChI=1S/C23H28N4O4/c1-14(6-7-16-8-10-18(30-4)11-9-16)25-17-12-19-20(26-15(2)28)21(23(29)31-5)27(3)22(19)24-13-17/h8-14,25H,6-7H2,1-5H3,(H,26,28)/t14-/m0/s1. The zero-order valence-corrected chi connectivity index (χ0v) is 18.5. The Hall–Kier alpha value is -3.55. The van der Waals surface area contributed by atoms with Crippen LogP contribution in [0.15, 0.2) is 36.5 Å². The SMILES string of the molecule is COC(=O)c1c(NC(C)=O)c2cc(N[C@@H](C)CCc3ccc(OC)cc3)cnc2n1C. The number of hydrogen-bond acceptors (Lipinski definition) is 6. The first kappa shape index (κ1) is 22.1. The van der Waals surface area contributed by atoms with E-state index in [9.17, 15) is 9.59 Å². The average Bonchev–Trinajstić information content (AvgIpc) is 3.02. The molecule has 0 fully saturated rings. The number of aromatic nitrogens is 2. The molecule has 164 valence electrons. The highest BCUT2D eigenvalue weighted by atomic mass is 16.5. The van der Waals surface area contributed by atoms with Crippen LogP contribution in [0.4, 0.5) is 11.4 Å². The zero-order chi connectivity index (χ0) is 22.5. The summed E-state index contributed by atoms with van der Waals surface area (Å²) in [6, 6.07) is 10.1. The Morgan fingerprint density at radius 1 is 1.19 bits per heavy atom. The summed E-state index contributed by atoms with van der Waals surface area (Å²) in [5.41, 5.74) is 3.29. The number of ether oxygens (including phenoxy) is 2. The topological polar surface area (TPSA) is 94.5 Å². The molecule has 0 aliphatic carbocycles. The van der Waals surface area contributed by atoms with Crippen LogP contribution in [0.1, 0.15) is 36.3 Å². The number of benzene rings is 1. The van der Waals surface area contributed by atoms with Gasteiger partial charge in [-0.1, -0.05) is 12.1 Å². The summed E-state index contributed by atoms with van der Waals surface area (Å²) < 4.78 is 11.7. The normalized spacial score (nSPS) is 11.8. The molecule has 0 bridgehead atoms. The number of aryl methyl sites for hydroxylation is 2. The van der Waals surface area contributed by atoms with Crippen molar-refractivity contribution in [1.82, 2.24) is 9.55 Å². The lowest BCUT2D eigenvalue weighted by molar-refractivity contribution is -0.114. The first-order chi connectivity index (χ1) is 14.8. The van der Waals surface area contributed by atoms with Gasteiger partial charge in [0.15, 0.2) is 5.69 Å². The van der Waals surface area contributed by atoms with Gasteiger partial charge in [0.25, 0.3) is 0 Å². The van der Waals surface area contributed by atoms with Gasteiger partial charge < -0.3 is 24.7 Å². The molecule has 0 aliphatic heterocycles. The van der Waals surface area contributed by atoms with Gasteiger partial charge in [0, 0.05) is 25.4 Å². The zero-order valence-electron chi connectivity index (χ0n) is 18.5. The van der Waals surface area contributed by atoms with Crippen molar-refractivity contribution in [1.29, 1.82) is 0 Å². The van der Waals surface area contributed by atoms with E-state index in [2.05, 4.69) is 34.7 Å². The summed E-state index contributed by atoms with van der Waals surface area (Å²) in [5, 5.41) is 6.88. The predicted octanol–water partition coefficient (Wildman–Crippen LogP) is 3.76. The first-order valence-electron chi connectivity index (χ1n) is 10.1. The van der Waals surface area contributed by atoms with Crippen LogP contribution in [0.2, 0.25) is 0 Å². The number of esters is 1. The predicted molar refractivity (Wildman–Crippen MR) is 121 cm³/mol. The van der Waals surface area contributed by atoms with Gasteiger partial charge in [-0.2, -0.15) is 0 Å². The van der Waals surface area contributed by atoms with E-state index in [4.69, 9.17) is 9.47 Å². The van der Waals surface area contributed by atoms with Crippen LogP contribution >= 0.6 is 0 Å². The minimum Gasteiger partial charge on any atom is -0.497 e. The van der Waals surface area contributed by atoms with Crippen LogP contribution in [-0.4, -0.2) is 41.7 Å². The van der Waals surface area contributed by atoms with Crippen molar-refractivity contribution < 1.29 is 19.1 Å². The van der Waals surface area contributed by atoms with Gasteiger partial charge in [0.2, 0.25) is 5.91 Å². The lowest BCUT2D eigenvalue weighted by Gasteiger charge is -2.15. The molecule has 2 heterocycles. The average molecular weight is 425 g/mol. The van der Waals surface area contributed by atoms with Crippen molar-refractivity contribution in [2.75, 3.05) is 24.9 Å². The van der Waals surface area contributed by atoms with E-state index in [-0.39, 0.29) is 17.6 Å². The number of hydrogen-bond donors (Lipinski definition) is 2. The van der Waals surface area contributed by atoms with Crippen LogP contribution in [0, 0.1) is 0 Å². The Bertz CT molecular complexity index is 1090. The lowest BCUT2D eigenvalue weighted by atomic mass is 10.1. The highest BCUT2D eigenvalue weighted by Gasteiger charge is 2.23. The summed E-state index contributed by atoms with van der Waals surface area (Å²) in [6.45, 7) is 3.50. The molecule has 0 spiro atoms. The van der Waals surface area contributed by atoms with Gasteiger partial charge in [-0.15, -0.1) is 0 Å². The maximum atomic E-state index is 12.3. The monoisotopic (exact) mass is 424 g/mol. The molecule has 8 nitrogen and oxygen atoms in total. The van der Waals surface area contributed by atoms with E-state index >= 15 is 0 Å². The maximum Gasteiger partial charge on any atom is 0.356 e. The van der Waals surface area contributed by atoms with E-state index in [1.807, 2.05) is 18.2 Å². The molecule has 0 unspecified atom stereocenters. The third kappa shape index (κ3) is 4.96. The van der Waals surface area contributed by atoms with E-state index < -0.39 is 5.97 Å². The van der Waals surface area contributed by atoms with Crippen molar-refractivity contribution in [3.8, 4) is 5.75 Å². The van der Waals surface area contributed by atoms with Crippen molar-refractivity contribution >= 4 is 34.3 Å². The van der Waals surface area contributed by atoms with Crippen LogP contribution < -0.4 is 15.4 Å². The highest BCUT2D eigenvalue weighted by molar-refractivity contribution is 6.10. The van der Waals surface area contributed by atoms with Gasteiger partial charge in [0.05, 0.1) is 31.8 Å². The number of nitrogens with zero attached hydrogens (tertiary/aromatic N) is 2. The Labute approximate surface area is 181 Å². The van der Waals surface area contributed by atoms with E-state index in [1.54, 1.807) is 24.9 Å². The third-order valence-corrected chi connectivity index (χ3v) is 5.14. The number of methoxy groups -OCH3 is 2. The van der Waals surface area contributed by atoms with Crippen LogP contribution in [0.5, 0.6) is 5.75 Å². The fourth-order valence-corrected chi connectivity index (χ4v) is 3.56. The number of rotatable bonds is 8. The number of anilines is 2. The number of amides is 1. The third-order valence-electron chi connectivity index (χ3n) is 5.14. The molecule has 2 N–H and O–H groups in total. The van der Waals surface area contributed by atoms with Crippen LogP contribution in [0.3, 0.4) is 0 Å². The summed E-state index contributed by atoms with van der Waals surface area (Å²) in [4.78, 5) is 28.5. The number of nitrogens with one attached hydrogen (secondary N) is 2. The van der Waals surface area contributed by atoms with Crippen LogP contribution in [0.25, 0.3) is 11.0 Å². The Morgan fingerprint density at radius 3 is 2.52 bits per heavy atom. The maximum absolute atomic E-state index is 12.3. The second kappa shape index (κ2) is 9.51. The van der Waals surface area contributed by atoms with Gasteiger partial charge in [0.1, 0.15) is 11.4 Å². The fraction of sp³-hybridized carbons (Fsp3) is 0.348. The Kier molecular flexibility index (Phi) is 6.79. The number of carbonyl (C=O) groups excluding carboxylic acids is 2. The molecular weight excluding hydrogens is 396 g/mol. The van der Waals surface area contributed by atoms with E-state index in [0.29, 0.717) is 16.7 Å². The summed E-state index contributed by atoms with van der Waals surface area (Å²) in [5.74, 6) is 0.0361. The van der Waals surface area contributed by atoms with Gasteiger partial charge in [-0.05, 0) is 43.5 Å². The molecule has 1 aromatic carbocycles. The van der Waals surface area contributed by atoms with E-state index in [1.165, 1.54) is 19.6 Å². The lowest BCUT2D eigenvalue weighted by Crippen LogP contribution is -2.16. The van der Waals surface area contributed by atoms with E-state index in [0.717, 1.165) is 24.3 Å². The molecule has 0 radical (unpaired) electrons. The van der Waals surface area contributed by atoms with Crippen molar-refractivity contribution in [2.45, 2.75) is 32.7 Å². The minimum atomic E-state index is -0.536. The quantitative estimate of drug-likeness (QED) is 0.535. The highest BCUT2D eigenvalue weighted by Crippen LogP contribution is 2.32. The Balaban J connectivity index is 1.80. The largest absolute Gasteiger partial charge is 0.497 e. The molecule has 8 heteroatoms. The summed E-state index contributed by atoms with van der Waals surface area (Å²) in [6.07, 6.45) is 3.57. The molecule has 31 heavy (non-hydrogen) atoms. The van der Waals surface area contributed by atoms with Gasteiger partial charge >= 0.3 is 5.97 Å². The smallest absolute Gasteiger partial charge is 0.356 e. The summed E-state index contributed by atoms with van der Waals surface area (Å²) in [7, 11) is 4.68. The molecule has 0 saturated carbocycles. The fourth-order valence-electron chi connectivity index (χ4n) is 3.56. The molecular formula is C23H28N4O4. The second-order valence-electron chi connectivity index (χ2n) is 7.48. The molecule has 0 aliphatic rings. The number of pyridine rings is 1. The van der Waals surface area contributed by atoms with Gasteiger partial charge in [-0.3, -0.25) is 4.79 Å². The van der Waals surface area contributed by atoms with Crippen LogP contribution in [-0.2, 0) is 23.0 Å². The van der Waals surface area contributed by atoms with Crippen molar-refractivity contribution in [3.63, 3.8) is 0 Å². The number of carbonyl (C=O) groups is 2. The Morgan fingerprint density at radius 2 is 1.90 bits per heavy atom. The first-order valence-corrected chi connectivity index (χ1v) is 10.1. The number of fused-ring (bicyclic) bond motifs is 1. The molecule has 3 aromatic rings. The van der Waals surface area contributed by atoms with Crippen molar-refractivity contribution in [3.05, 3.63) is 47.8 Å².